The summed E-state index contributed by atoms with van der Waals surface area (Å²) in [4.78, 5) is 25.8. The third-order valence-electron chi connectivity index (χ3n) is 3.50. The fourth-order valence-corrected chi connectivity index (χ4v) is 2.17. The van der Waals surface area contributed by atoms with Gasteiger partial charge in [0.1, 0.15) is 6.04 Å². The average molecular weight is 290 g/mol. The van der Waals surface area contributed by atoms with Crippen molar-refractivity contribution in [2.45, 2.75) is 46.1 Å². The SMILES string of the molecule is CCCNC(=O)[C@H](C)N(CCc1ccccc1)C(=O)CC. The second-order valence-corrected chi connectivity index (χ2v) is 5.14. The predicted octanol–water partition coefficient (Wildman–Crippen LogP) is 2.38. The molecule has 21 heavy (non-hydrogen) atoms. The van der Waals surface area contributed by atoms with Gasteiger partial charge in [-0.3, -0.25) is 9.59 Å². The van der Waals surface area contributed by atoms with Crippen molar-refractivity contribution in [3.05, 3.63) is 35.9 Å². The molecule has 1 aromatic carbocycles. The summed E-state index contributed by atoms with van der Waals surface area (Å²) in [5, 5.41) is 2.86. The lowest BCUT2D eigenvalue weighted by Crippen LogP contribution is -2.48. The van der Waals surface area contributed by atoms with E-state index in [9.17, 15) is 9.59 Å². The zero-order chi connectivity index (χ0) is 15.7. The van der Waals surface area contributed by atoms with Crippen LogP contribution in [-0.2, 0) is 16.0 Å². The Morgan fingerprint density at radius 3 is 2.43 bits per heavy atom. The van der Waals surface area contributed by atoms with Crippen LogP contribution in [0.25, 0.3) is 0 Å². The van der Waals surface area contributed by atoms with Gasteiger partial charge in [-0.25, -0.2) is 0 Å². The summed E-state index contributed by atoms with van der Waals surface area (Å²) in [6.07, 6.45) is 2.07. The number of nitrogens with one attached hydrogen (secondary N) is 1. The molecule has 0 saturated heterocycles. The van der Waals surface area contributed by atoms with Crippen molar-refractivity contribution in [1.82, 2.24) is 10.2 Å². The minimum Gasteiger partial charge on any atom is -0.354 e. The molecule has 1 rings (SSSR count). The highest BCUT2D eigenvalue weighted by atomic mass is 16.2. The number of hydrogen-bond acceptors (Lipinski definition) is 2. The quantitative estimate of drug-likeness (QED) is 0.799. The Morgan fingerprint density at radius 1 is 1.19 bits per heavy atom. The summed E-state index contributed by atoms with van der Waals surface area (Å²) < 4.78 is 0. The minimum atomic E-state index is -0.423. The monoisotopic (exact) mass is 290 g/mol. The smallest absolute Gasteiger partial charge is 0.242 e. The molecule has 0 aliphatic heterocycles. The van der Waals surface area contributed by atoms with Crippen molar-refractivity contribution in [2.75, 3.05) is 13.1 Å². The van der Waals surface area contributed by atoms with E-state index in [1.807, 2.05) is 44.2 Å². The van der Waals surface area contributed by atoms with Crippen LogP contribution < -0.4 is 5.32 Å². The van der Waals surface area contributed by atoms with Crippen LogP contribution in [0.4, 0.5) is 0 Å². The van der Waals surface area contributed by atoms with Gasteiger partial charge >= 0.3 is 0 Å². The standard InChI is InChI=1S/C17H26N2O2/c1-4-12-18-17(21)14(3)19(16(20)5-2)13-11-15-9-7-6-8-10-15/h6-10,14H,4-5,11-13H2,1-3H3,(H,18,21)/t14-/m0/s1. The van der Waals surface area contributed by atoms with E-state index in [0.717, 1.165) is 12.8 Å². The summed E-state index contributed by atoms with van der Waals surface area (Å²) >= 11 is 0. The number of hydrogen-bond donors (Lipinski definition) is 1. The molecule has 1 aromatic rings. The van der Waals surface area contributed by atoms with E-state index in [1.165, 1.54) is 5.56 Å². The lowest BCUT2D eigenvalue weighted by Gasteiger charge is -2.28. The van der Waals surface area contributed by atoms with Gasteiger partial charge in [-0.2, -0.15) is 0 Å². The van der Waals surface area contributed by atoms with Crippen molar-refractivity contribution < 1.29 is 9.59 Å². The first-order valence-corrected chi connectivity index (χ1v) is 7.71. The molecule has 0 aliphatic carbocycles. The molecule has 0 saturated carbocycles. The summed E-state index contributed by atoms with van der Waals surface area (Å²) in [7, 11) is 0. The van der Waals surface area contributed by atoms with Crippen LogP contribution in [0.3, 0.4) is 0 Å². The summed E-state index contributed by atoms with van der Waals surface area (Å²) in [5.74, 6) is -0.0585. The Morgan fingerprint density at radius 2 is 1.86 bits per heavy atom. The molecule has 116 valence electrons. The van der Waals surface area contributed by atoms with Crippen LogP contribution in [0.1, 0.15) is 39.2 Å². The Bertz CT molecular complexity index is 445. The molecule has 0 fully saturated rings. The van der Waals surface area contributed by atoms with E-state index in [-0.39, 0.29) is 11.8 Å². The molecule has 1 N–H and O–H groups in total. The number of carbonyl (C=O) groups is 2. The topological polar surface area (TPSA) is 49.4 Å². The Balaban J connectivity index is 2.67. The second kappa shape index (κ2) is 9.16. The number of rotatable bonds is 8. The molecule has 4 nitrogen and oxygen atoms in total. The molecule has 0 unspecified atom stereocenters. The Hall–Kier alpha value is -1.84. The maximum atomic E-state index is 12.1. The molecule has 0 aromatic heterocycles. The van der Waals surface area contributed by atoms with Crippen molar-refractivity contribution in [1.29, 1.82) is 0 Å². The van der Waals surface area contributed by atoms with Crippen LogP contribution >= 0.6 is 0 Å². The van der Waals surface area contributed by atoms with E-state index in [0.29, 0.717) is 19.5 Å². The highest BCUT2D eigenvalue weighted by Gasteiger charge is 2.24. The van der Waals surface area contributed by atoms with E-state index < -0.39 is 6.04 Å². The van der Waals surface area contributed by atoms with Crippen LogP contribution in [0.15, 0.2) is 30.3 Å². The Labute approximate surface area is 127 Å². The fourth-order valence-electron chi connectivity index (χ4n) is 2.17. The molecular weight excluding hydrogens is 264 g/mol. The summed E-state index contributed by atoms with van der Waals surface area (Å²) in [6, 6.07) is 9.59. The van der Waals surface area contributed by atoms with Gasteiger partial charge in [-0.15, -0.1) is 0 Å². The zero-order valence-electron chi connectivity index (χ0n) is 13.3. The van der Waals surface area contributed by atoms with Crippen LogP contribution in [0.5, 0.6) is 0 Å². The van der Waals surface area contributed by atoms with Crippen molar-refractivity contribution in [3.8, 4) is 0 Å². The Kier molecular flexibility index (Phi) is 7.51. The molecular formula is C17H26N2O2. The number of nitrogens with zero attached hydrogens (tertiary/aromatic N) is 1. The highest BCUT2D eigenvalue weighted by molar-refractivity contribution is 5.87. The fraction of sp³-hybridized carbons (Fsp3) is 0.529. The van der Waals surface area contributed by atoms with Crippen LogP contribution in [0, 0.1) is 0 Å². The summed E-state index contributed by atoms with van der Waals surface area (Å²) in [6.45, 7) is 6.85. The van der Waals surface area contributed by atoms with Crippen molar-refractivity contribution in [2.24, 2.45) is 0 Å². The highest BCUT2D eigenvalue weighted by Crippen LogP contribution is 2.07. The van der Waals surface area contributed by atoms with Gasteiger partial charge in [0.2, 0.25) is 11.8 Å². The number of amides is 2. The van der Waals surface area contributed by atoms with Crippen molar-refractivity contribution >= 4 is 11.8 Å². The van der Waals surface area contributed by atoms with Gasteiger partial charge in [0.05, 0.1) is 0 Å². The third-order valence-corrected chi connectivity index (χ3v) is 3.50. The summed E-state index contributed by atoms with van der Waals surface area (Å²) in [5.41, 5.74) is 1.17. The zero-order valence-corrected chi connectivity index (χ0v) is 13.3. The number of benzene rings is 1. The van der Waals surface area contributed by atoms with E-state index >= 15 is 0 Å². The molecule has 4 heteroatoms. The molecule has 2 amide bonds. The average Bonchev–Trinajstić information content (AvgIpc) is 2.53. The molecule has 0 heterocycles. The van der Waals surface area contributed by atoms with Gasteiger partial charge in [-0.1, -0.05) is 44.2 Å². The predicted molar refractivity (Wildman–Crippen MR) is 84.9 cm³/mol. The van der Waals surface area contributed by atoms with E-state index in [4.69, 9.17) is 0 Å². The maximum Gasteiger partial charge on any atom is 0.242 e. The largest absolute Gasteiger partial charge is 0.354 e. The first kappa shape index (κ1) is 17.2. The molecule has 0 spiro atoms. The van der Waals surface area contributed by atoms with Gasteiger partial charge in [0, 0.05) is 19.5 Å². The first-order chi connectivity index (χ1) is 10.1. The third kappa shape index (κ3) is 5.58. The van der Waals surface area contributed by atoms with E-state index in [2.05, 4.69) is 5.32 Å². The number of carbonyl (C=O) groups excluding carboxylic acids is 2. The van der Waals surface area contributed by atoms with Crippen LogP contribution in [-0.4, -0.2) is 35.8 Å². The molecule has 0 aliphatic rings. The van der Waals surface area contributed by atoms with Gasteiger partial charge in [-0.05, 0) is 25.3 Å². The first-order valence-electron chi connectivity index (χ1n) is 7.71. The minimum absolute atomic E-state index is 0.0186. The van der Waals surface area contributed by atoms with E-state index in [1.54, 1.807) is 11.8 Å². The van der Waals surface area contributed by atoms with Crippen molar-refractivity contribution in [3.63, 3.8) is 0 Å². The van der Waals surface area contributed by atoms with Gasteiger partial charge < -0.3 is 10.2 Å². The lowest BCUT2D eigenvalue weighted by molar-refractivity contribution is -0.139. The lowest BCUT2D eigenvalue weighted by atomic mass is 10.1. The molecule has 1 atom stereocenters. The van der Waals surface area contributed by atoms with Gasteiger partial charge in [0.25, 0.3) is 0 Å². The second-order valence-electron chi connectivity index (χ2n) is 5.14. The normalized spacial score (nSPS) is 11.8. The van der Waals surface area contributed by atoms with Gasteiger partial charge in [0.15, 0.2) is 0 Å². The van der Waals surface area contributed by atoms with Crippen LogP contribution in [0.2, 0.25) is 0 Å². The molecule has 0 radical (unpaired) electrons. The molecule has 0 bridgehead atoms. The maximum absolute atomic E-state index is 12.1.